The summed E-state index contributed by atoms with van der Waals surface area (Å²) in [4.78, 5) is 112. The molecular weight excluding hydrogens is 915 g/mol. The Morgan fingerprint density at radius 1 is 0.507 bits per heavy atom. The fourth-order valence-corrected chi connectivity index (χ4v) is 7.81. The van der Waals surface area contributed by atoms with Crippen molar-refractivity contribution in [1.29, 1.82) is 0 Å². The number of phenols is 1. The number of phenolic OH excluding ortho intramolecular Hbond substituents is 1. The molecule has 0 saturated heterocycles. The van der Waals surface area contributed by atoms with Gasteiger partial charge in [-0.05, 0) is 81.0 Å². The van der Waals surface area contributed by atoms with E-state index < -0.39 is 60.5 Å². The van der Waals surface area contributed by atoms with Crippen LogP contribution in [-0.4, -0.2) is 158 Å². The third kappa shape index (κ3) is 18.8. The lowest BCUT2D eigenvalue weighted by atomic mass is 9.98. The number of rotatable bonds is 36. The van der Waals surface area contributed by atoms with Crippen LogP contribution < -0.4 is 37.2 Å². The number of benzene rings is 3. The van der Waals surface area contributed by atoms with Crippen LogP contribution >= 0.6 is 0 Å². The highest BCUT2D eigenvalue weighted by molar-refractivity contribution is 6.33. The van der Waals surface area contributed by atoms with Gasteiger partial charge in [0, 0.05) is 44.8 Å². The number of carbonyl (C=O) groups is 9. The summed E-state index contributed by atoms with van der Waals surface area (Å²) >= 11 is 0. The molecule has 19 nitrogen and oxygen atoms in total. The van der Waals surface area contributed by atoms with E-state index in [0.717, 1.165) is 27.8 Å². The molecule has 0 spiro atoms. The Bertz CT molecular complexity index is 2300. The van der Waals surface area contributed by atoms with Gasteiger partial charge in [0.15, 0.2) is 34.7 Å². The van der Waals surface area contributed by atoms with Crippen LogP contribution in [0.3, 0.4) is 0 Å². The zero-order chi connectivity index (χ0) is 52.0. The molecule has 0 bridgehead atoms. The molecule has 0 unspecified atom stereocenters. The van der Waals surface area contributed by atoms with Gasteiger partial charge in [-0.1, -0.05) is 60.7 Å². The second-order valence-electron chi connectivity index (χ2n) is 17.8. The van der Waals surface area contributed by atoms with Crippen LogP contribution in [-0.2, 0) is 54.3 Å². The summed E-state index contributed by atoms with van der Waals surface area (Å²) < 4.78 is 5.63. The zero-order valence-electron chi connectivity index (χ0n) is 41.1. The molecule has 9 N–H and O–H groups in total. The second-order valence-corrected chi connectivity index (χ2v) is 17.8. The summed E-state index contributed by atoms with van der Waals surface area (Å²) in [6.45, 7) is 7.79. The maximum atomic E-state index is 13.5. The molecule has 71 heavy (non-hydrogen) atoms. The van der Waals surface area contributed by atoms with Crippen LogP contribution in [0.4, 0.5) is 0 Å². The lowest BCUT2D eigenvalue weighted by Gasteiger charge is -2.21. The molecular formula is C52H69N7O12. The number of aromatic hydroxyl groups is 1. The maximum absolute atomic E-state index is 13.5. The van der Waals surface area contributed by atoms with Crippen LogP contribution in [0.2, 0.25) is 0 Å². The quantitative estimate of drug-likeness (QED) is 0.0290. The van der Waals surface area contributed by atoms with E-state index in [4.69, 9.17) is 9.84 Å². The van der Waals surface area contributed by atoms with Crippen molar-refractivity contribution in [2.75, 3.05) is 59.0 Å². The molecule has 0 saturated carbocycles. The number of ether oxygens (including phenoxy) is 1. The number of nitrogens with one attached hydrogen (secondary N) is 7. The van der Waals surface area contributed by atoms with Crippen molar-refractivity contribution >= 4 is 52.4 Å². The van der Waals surface area contributed by atoms with E-state index in [2.05, 4.69) is 49.4 Å². The van der Waals surface area contributed by atoms with Gasteiger partial charge in [-0.3, -0.25) is 43.7 Å². The van der Waals surface area contributed by atoms with E-state index in [1.54, 1.807) is 46.8 Å². The van der Waals surface area contributed by atoms with Crippen LogP contribution in [0.25, 0.3) is 11.1 Å². The smallest absolute Gasteiger partial charge is 0.373 e. The fraction of sp³-hybridized carbons (Fsp3) is 0.481. The summed E-state index contributed by atoms with van der Waals surface area (Å²) in [5.74, 6) is -4.52. The van der Waals surface area contributed by atoms with Crippen molar-refractivity contribution in [1.82, 2.24) is 37.2 Å². The zero-order valence-corrected chi connectivity index (χ0v) is 41.1. The van der Waals surface area contributed by atoms with E-state index in [1.165, 1.54) is 12.1 Å². The van der Waals surface area contributed by atoms with E-state index in [-0.39, 0.29) is 124 Å². The predicted octanol–water partition coefficient (Wildman–Crippen LogP) is 0.967. The van der Waals surface area contributed by atoms with Crippen molar-refractivity contribution in [3.63, 3.8) is 0 Å². The number of carboxylic acid groups (broad SMARTS) is 1. The number of esters is 1. The van der Waals surface area contributed by atoms with Crippen LogP contribution in [0.15, 0.2) is 72.8 Å². The van der Waals surface area contributed by atoms with Crippen LogP contribution in [0, 0.1) is 0 Å². The van der Waals surface area contributed by atoms with Gasteiger partial charge in [0.25, 0.3) is 5.78 Å². The summed E-state index contributed by atoms with van der Waals surface area (Å²) in [6.07, 6.45) is 0.467. The normalized spacial score (nSPS) is 14.5. The average molecular weight is 984 g/mol. The molecule has 0 amide bonds. The van der Waals surface area contributed by atoms with Crippen molar-refractivity contribution in [2.24, 2.45) is 0 Å². The first-order chi connectivity index (χ1) is 33.9. The highest BCUT2D eigenvalue weighted by atomic mass is 16.5. The van der Waals surface area contributed by atoms with Gasteiger partial charge in [-0.25, -0.2) is 4.79 Å². The molecule has 0 radical (unpaired) electrons. The third-order valence-electron chi connectivity index (χ3n) is 12.5. The Kier molecular flexibility index (Phi) is 23.6. The minimum Gasteiger partial charge on any atom is -0.508 e. The SMILES string of the molecule is C[C@H](NCCC(=O)[C@H](C)NCC(=O)OCC1c2ccccc2-c2ccccc21)C(=O)CCN[C@@H](C)C(=O)CN[C@@H](Cc1ccc(O)cc1)C(=O)CN[C@@H](C)C(=O)CCN[C@@H](C)C(=O)CNCC(=O)C(=O)O. The molecule has 0 aromatic heterocycles. The summed E-state index contributed by atoms with van der Waals surface area (Å²) in [5.41, 5.74) is 5.21. The van der Waals surface area contributed by atoms with Crippen LogP contribution in [0.1, 0.15) is 76.5 Å². The molecule has 1 aliphatic carbocycles. The number of hydrogen-bond donors (Lipinski definition) is 9. The molecule has 3 aromatic carbocycles. The Labute approximate surface area is 414 Å². The monoisotopic (exact) mass is 984 g/mol. The molecule has 4 rings (SSSR count). The number of carbonyl (C=O) groups excluding carboxylic acids is 8. The lowest BCUT2D eigenvalue weighted by Crippen LogP contribution is -2.49. The fourth-order valence-electron chi connectivity index (χ4n) is 7.81. The first-order valence-corrected chi connectivity index (χ1v) is 24.0. The van der Waals surface area contributed by atoms with E-state index in [0.29, 0.717) is 0 Å². The molecule has 19 heteroatoms. The second kappa shape index (κ2) is 29.2. The molecule has 0 aliphatic heterocycles. The van der Waals surface area contributed by atoms with Crippen molar-refractivity contribution < 1.29 is 58.1 Å². The number of ketones is 7. The maximum Gasteiger partial charge on any atom is 0.373 e. The Morgan fingerprint density at radius 2 is 0.944 bits per heavy atom. The van der Waals surface area contributed by atoms with Gasteiger partial charge in [-0.2, -0.15) is 0 Å². The van der Waals surface area contributed by atoms with Gasteiger partial charge in [-0.15, -0.1) is 0 Å². The first kappa shape index (κ1) is 57.4. The average Bonchev–Trinajstić information content (AvgIpc) is 3.68. The van der Waals surface area contributed by atoms with E-state index in [1.807, 2.05) is 36.4 Å². The number of Topliss-reactive ketones (excluding diaryl/α,β-unsaturated/α-hetero) is 7. The number of carboxylic acids is 1. The summed E-state index contributed by atoms with van der Waals surface area (Å²) in [6, 6.07) is 18.4. The molecule has 384 valence electrons. The van der Waals surface area contributed by atoms with Gasteiger partial charge in [0.1, 0.15) is 12.4 Å². The lowest BCUT2D eigenvalue weighted by molar-refractivity contribution is -0.148. The minimum absolute atomic E-state index is 0.0370. The first-order valence-electron chi connectivity index (χ1n) is 24.0. The van der Waals surface area contributed by atoms with E-state index in [9.17, 15) is 48.3 Å². The van der Waals surface area contributed by atoms with E-state index >= 15 is 0 Å². The van der Waals surface area contributed by atoms with Gasteiger partial charge >= 0.3 is 11.9 Å². The Hall–Kier alpha value is -6.19. The molecule has 3 aromatic rings. The standard InChI is InChI=1S/C52H69N7O12/c1-31(54-21-19-46(63)33(3)58-29-51(68)71-30-42-40-12-8-6-10-38(40)39-11-7-9-13-41(39)42)44(61)18-22-56-35(5)48(65)27-59-43(24-36-14-16-37(60)17-15-36)49(66)28-57-32(2)45(62)20-23-55-34(4)47(64)25-53-26-50(67)52(69)70/h6-17,31-35,42-43,53-60H,18-30H2,1-5H3,(H,69,70)/t31-,32-,33-,34-,35-,43-/m0/s1. The molecule has 0 fully saturated rings. The van der Waals surface area contributed by atoms with Gasteiger partial charge in [0.05, 0.1) is 69.0 Å². The predicted molar refractivity (Wildman–Crippen MR) is 265 cm³/mol. The van der Waals surface area contributed by atoms with Gasteiger partial charge < -0.3 is 46.9 Å². The van der Waals surface area contributed by atoms with Gasteiger partial charge in [0.2, 0.25) is 0 Å². The van der Waals surface area contributed by atoms with Crippen molar-refractivity contribution in [3.8, 4) is 16.9 Å². The third-order valence-corrected chi connectivity index (χ3v) is 12.5. The number of hydrogen-bond acceptors (Lipinski definition) is 18. The summed E-state index contributed by atoms with van der Waals surface area (Å²) in [7, 11) is 0. The number of aliphatic carboxylic acids is 1. The van der Waals surface area contributed by atoms with Crippen molar-refractivity contribution in [2.45, 2.75) is 102 Å². The largest absolute Gasteiger partial charge is 0.508 e. The Balaban J connectivity index is 1.11. The molecule has 1 aliphatic rings. The topological polar surface area (TPSA) is 288 Å². The minimum atomic E-state index is -1.60. The number of fused-ring (bicyclic) bond motifs is 3. The summed E-state index contributed by atoms with van der Waals surface area (Å²) in [5, 5.41) is 38.9. The highest BCUT2D eigenvalue weighted by Gasteiger charge is 2.30. The van der Waals surface area contributed by atoms with Crippen molar-refractivity contribution in [3.05, 3.63) is 89.5 Å². The highest BCUT2D eigenvalue weighted by Crippen LogP contribution is 2.44. The molecule has 6 atom stereocenters. The van der Waals surface area contributed by atoms with Crippen LogP contribution in [0.5, 0.6) is 5.75 Å². The molecule has 0 heterocycles. The Morgan fingerprint density at radius 3 is 1.45 bits per heavy atom.